The van der Waals surface area contributed by atoms with E-state index in [2.05, 4.69) is 30.3 Å². The van der Waals surface area contributed by atoms with Gasteiger partial charge < -0.3 is 20.1 Å². The molecular formula is C20H22N6O4S. The van der Waals surface area contributed by atoms with Gasteiger partial charge in [0.15, 0.2) is 11.5 Å². The first kappa shape index (κ1) is 20.8. The van der Waals surface area contributed by atoms with Crippen LogP contribution < -0.4 is 24.8 Å². The lowest BCUT2D eigenvalue weighted by Gasteiger charge is -2.19. The van der Waals surface area contributed by atoms with Gasteiger partial charge in [-0.2, -0.15) is 0 Å². The minimum Gasteiger partial charge on any atom is -0.486 e. The summed E-state index contributed by atoms with van der Waals surface area (Å²) in [6.07, 6.45) is 1.68. The van der Waals surface area contributed by atoms with Crippen molar-refractivity contribution in [2.45, 2.75) is 11.8 Å². The molecule has 1 aliphatic rings. The van der Waals surface area contributed by atoms with Crippen molar-refractivity contribution in [1.82, 2.24) is 19.7 Å². The van der Waals surface area contributed by atoms with Gasteiger partial charge in [0.1, 0.15) is 36.5 Å². The Morgan fingerprint density at radius 3 is 2.55 bits per heavy atom. The summed E-state index contributed by atoms with van der Waals surface area (Å²) in [5, 5.41) is 6.21. The number of nitrogens with one attached hydrogen (secondary N) is 3. The topological polar surface area (TPSA) is 127 Å². The van der Waals surface area contributed by atoms with Crippen molar-refractivity contribution in [3.8, 4) is 11.5 Å². The number of sulfonamides is 1. The van der Waals surface area contributed by atoms with Gasteiger partial charge >= 0.3 is 0 Å². The van der Waals surface area contributed by atoms with Crippen LogP contribution in [0.4, 0.5) is 17.5 Å². The van der Waals surface area contributed by atoms with Crippen molar-refractivity contribution in [2.75, 3.05) is 36.9 Å². The van der Waals surface area contributed by atoms with Gasteiger partial charge in [-0.25, -0.2) is 28.1 Å². The molecule has 3 heterocycles. The van der Waals surface area contributed by atoms with E-state index in [0.29, 0.717) is 54.5 Å². The quantitative estimate of drug-likeness (QED) is 0.449. The van der Waals surface area contributed by atoms with Crippen molar-refractivity contribution >= 4 is 27.5 Å². The first-order chi connectivity index (χ1) is 15.0. The highest BCUT2D eigenvalue weighted by molar-refractivity contribution is 7.89. The Kier molecular flexibility index (Phi) is 6.14. The zero-order valence-corrected chi connectivity index (χ0v) is 17.6. The summed E-state index contributed by atoms with van der Waals surface area (Å²) in [5.41, 5.74) is 0. The van der Waals surface area contributed by atoms with E-state index in [0.717, 1.165) is 0 Å². The van der Waals surface area contributed by atoms with E-state index >= 15 is 0 Å². The molecule has 1 aliphatic heterocycles. The standard InChI is InChI=1S/C20H22N6O4S/c1-14-24-19(13-20(25-14)26-18-4-2-3-7-21-18)22-8-9-23-31(27,28)15-5-6-16-17(12-15)30-11-10-29-16/h2-7,12-13,23H,8-11H2,1H3,(H2,21,22,24,25,26). The zero-order chi connectivity index (χ0) is 21.7. The maximum Gasteiger partial charge on any atom is 0.240 e. The molecule has 162 valence electrons. The largest absolute Gasteiger partial charge is 0.486 e. The van der Waals surface area contributed by atoms with Crippen LogP contribution in [0.25, 0.3) is 0 Å². The van der Waals surface area contributed by atoms with E-state index in [1.54, 1.807) is 25.3 Å². The number of ether oxygens (including phenoxy) is 2. The number of aryl methyl sites for hydroxylation is 1. The molecule has 1 aromatic carbocycles. The number of fused-ring (bicyclic) bond motifs is 1. The Morgan fingerprint density at radius 1 is 0.935 bits per heavy atom. The smallest absolute Gasteiger partial charge is 0.240 e. The van der Waals surface area contributed by atoms with Gasteiger partial charge in [0.2, 0.25) is 10.0 Å². The molecule has 11 heteroatoms. The van der Waals surface area contributed by atoms with Crippen LogP contribution >= 0.6 is 0 Å². The first-order valence-electron chi connectivity index (χ1n) is 9.66. The summed E-state index contributed by atoms with van der Waals surface area (Å²) >= 11 is 0. The number of benzene rings is 1. The number of pyridine rings is 1. The second kappa shape index (κ2) is 9.14. The number of aromatic nitrogens is 3. The number of nitrogens with zero attached hydrogens (tertiary/aromatic N) is 3. The molecular weight excluding hydrogens is 420 g/mol. The second-order valence-electron chi connectivity index (χ2n) is 6.66. The fourth-order valence-corrected chi connectivity index (χ4v) is 3.99. The number of hydrogen-bond acceptors (Lipinski definition) is 9. The van der Waals surface area contributed by atoms with Crippen LogP contribution in [0.5, 0.6) is 11.5 Å². The van der Waals surface area contributed by atoms with Gasteiger partial charge in [-0.3, -0.25) is 0 Å². The Balaban J connectivity index is 1.34. The van der Waals surface area contributed by atoms with E-state index in [1.807, 2.05) is 18.2 Å². The Hall–Kier alpha value is -3.44. The molecule has 0 atom stereocenters. The van der Waals surface area contributed by atoms with Gasteiger partial charge in [-0.05, 0) is 31.2 Å². The van der Waals surface area contributed by atoms with Crippen LogP contribution in [0, 0.1) is 6.92 Å². The minimum atomic E-state index is -3.68. The zero-order valence-electron chi connectivity index (χ0n) is 16.8. The molecule has 4 rings (SSSR count). The molecule has 0 unspecified atom stereocenters. The molecule has 0 saturated carbocycles. The van der Waals surface area contributed by atoms with E-state index in [9.17, 15) is 8.42 Å². The molecule has 0 spiro atoms. The van der Waals surface area contributed by atoms with Crippen molar-refractivity contribution in [1.29, 1.82) is 0 Å². The SMILES string of the molecule is Cc1nc(NCCNS(=O)(=O)c2ccc3c(c2)OCCO3)cc(Nc2ccccn2)n1. The van der Waals surface area contributed by atoms with E-state index in [4.69, 9.17) is 9.47 Å². The monoisotopic (exact) mass is 442 g/mol. The van der Waals surface area contributed by atoms with Crippen LogP contribution in [0.2, 0.25) is 0 Å². The van der Waals surface area contributed by atoms with E-state index in [-0.39, 0.29) is 11.4 Å². The lowest BCUT2D eigenvalue weighted by atomic mass is 10.3. The third-order valence-electron chi connectivity index (χ3n) is 4.31. The van der Waals surface area contributed by atoms with Crippen LogP contribution in [0.3, 0.4) is 0 Å². The fourth-order valence-electron chi connectivity index (χ4n) is 2.94. The average Bonchev–Trinajstić information content (AvgIpc) is 2.77. The first-order valence-corrected chi connectivity index (χ1v) is 11.1. The Morgan fingerprint density at radius 2 is 1.74 bits per heavy atom. The summed E-state index contributed by atoms with van der Waals surface area (Å²) in [4.78, 5) is 13.0. The Bertz CT molecular complexity index is 1160. The molecule has 0 saturated heterocycles. The molecule has 0 bridgehead atoms. The van der Waals surface area contributed by atoms with Crippen molar-refractivity contribution < 1.29 is 17.9 Å². The summed E-state index contributed by atoms with van der Waals surface area (Å²) in [6.45, 7) is 3.12. The van der Waals surface area contributed by atoms with E-state index in [1.165, 1.54) is 12.1 Å². The molecule has 0 radical (unpaired) electrons. The van der Waals surface area contributed by atoms with Gasteiger partial charge in [0.05, 0.1) is 4.90 Å². The van der Waals surface area contributed by atoms with Crippen LogP contribution in [0.1, 0.15) is 5.82 Å². The summed E-state index contributed by atoms with van der Waals surface area (Å²) in [7, 11) is -3.68. The van der Waals surface area contributed by atoms with Crippen molar-refractivity contribution in [2.24, 2.45) is 0 Å². The third-order valence-corrected chi connectivity index (χ3v) is 5.76. The van der Waals surface area contributed by atoms with Crippen LogP contribution in [-0.4, -0.2) is 49.7 Å². The Labute approximate surface area is 180 Å². The highest BCUT2D eigenvalue weighted by Gasteiger charge is 2.19. The van der Waals surface area contributed by atoms with Crippen LogP contribution in [-0.2, 0) is 10.0 Å². The van der Waals surface area contributed by atoms with Gasteiger partial charge in [0, 0.05) is 31.4 Å². The summed E-state index contributed by atoms with van der Waals surface area (Å²) in [5.74, 6) is 3.37. The highest BCUT2D eigenvalue weighted by Crippen LogP contribution is 2.32. The van der Waals surface area contributed by atoms with Gasteiger partial charge in [-0.15, -0.1) is 0 Å². The molecule has 31 heavy (non-hydrogen) atoms. The predicted molar refractivity (Wildman–Crippen MR) is 115 cm³/mol. The number of anilines is 3. The molecule has 0 amide bonds. The fraction of sp³-hybridized carbons (Fsp3) is 0.250. The minimum absolute atomic E-state index is 0.122. The number of rotatable bonds is 8. The van der Waals surface area contributed by atoms with E-state index < -0.39 is 10.0 Å². The molecule has 10 nitrogen and oxygen atoms in total. The lowest BCUT2D eigenvalue weighted by molar-refractivity contribution is 0.171. The average molecular weight is 443 g/mol. The van der Waals surface area contributed by atoms with Crippen molar-refractivity contribution in [3.05, 3.63) is 54.5 Å². The predicted octanol–water partition coefficient (Wildman–Crippen LogP) is 2.09. The molecule has 3 aromatic rings. The molecule has 2 aromatic heterocycles. The summed E-state index contributed by atoms with van der Waals surface area (Å²) < 4.78 is 38.6. The van der Waals surface area contributed by atoms with Crippen molar-refractivity contribution in [3.63, 3.8) is 0 Å². The molecule has 3 N–H and O–H groups in total. The summed E-state index contributed by atoms with van der Waals surface area (Å²) in [6, 6.07) is 11.8. The lowest BCUT2D eigenvalue weighted by Crippen LogP contribution is -2.29. The van der Waals surface area contributed by atoms with Gasteiger partial charge in [0.25, 0.3) is 0 Å². The molecule has 0 fully saturated rings. The normalized spacial score (nSPS) is 12.9. The maximum absolute atomic E-state index is 12.6. The van der Waals surface area contributed by atoms with Crippen LogP contribution in [0.15, 0.2) is 53.6 Å². The molecule has 0 aliphatic carbocycles. The number of hydrogen-bond donors (Lipinski definition) is 3. The van der Waals surface area contributed by atoms with Gasteiger partial charge in [-0.1, -0.05) is 6.07 Å². The third kappa shape index (κ3) is 5.38. The maximum atomic E-state index is 12.6. The second-order valence-corrected chi connectivity index (χ2v) is 8.42. The highest BCUT2D eigenvalue weighted by atomic mass is 32.2.